The van der Waals surface area contributed by atoms with E-state index in [1.807, 2.05) is 79.7 Å². The number of aryl methyl sites for hydroxylation is 2. The third-order valence-electron chi connectivity index (χ3n) is 8.23. The van der Waals surface area contributed by atoms with Crippen molar-refractivity contribution in [2.24, 2.45) is 0 Å². The molecule has 0 bridgehead atoms. The quantitative estimate of drug-likeness (QED) is 0.223. The van der Waals surface area contributed by atoms with E-state index in [1.165, 1.54) is 0 Å². The van der Waals surface area contributed by atoms with Crippen molar-refractivity contribution in [1.29, 1.82) is 0 Å². The molecule has 226 valence electrons. The van der Waals surface area contributed by atoms with Crippen LogP contribution in [0.4, 0.5) is 0 Å². The molecule has 9 heteroatoms. The standard InChI is InChI=1S/C35H36N4O5/c1-3-6-32-31(21-23-9-11-24(12-10-23)29-7-4-5-8-30(29)33-37-35(42)44-38-33)34(41)39(22(2)36-32)25-13-17-27(18-14-25)43-28-19-15-26(40)16-20-28/h4-5,7-14,17-18,26,28,40H,3,6,15-16,19-21H2,1-2H3,(H,37,38,42). The zero-order valence-corrected chi connectivity index (χ0v) is 25.0. The molecule has 1 aliphatic carbocycles. The van der Waals surface area contributed by atoms with Crippen LogP contribution in [0.15, 0.2) is 86.9 Å². The molecular formula is C35H36N4O5. The van der Waals surface area contributed by atoms with Gasteiger partial charge in [-0.1, -0.05) is 67.0 Å². The predicted molar refractivity (Wildman–Crippen MR) is 168 cm³/mol. The minimum atomic E-state index is -0.601. The Kier molecular flexibility index (Phi) is 8.56. The Morgan fingerprint density at radius 1 is 0.955 bits per heavy atom. The molecule has 1 saturated carbocycles. The lowest BCUT2D eigenvalue weighted by molar-refractivity contribution is 0.0666. The monoisotopic (exact) mass is 592 g/mol. The van der Waals surface area contributed by atoms with Gasteiger partial charge in [-0.2, -0.15) is 0 Å². The Morgan fingerprint density at radius 2 is 1.66 bits per heavy atom. The minimum Gasteiger partial charge on any atom is -0.490 e. The van der Waals surface area contributed by atoms with Gasteiger partial charge < -0.3 is 9.84 Å². The third kappa shape index (κ3) is 6.28. The Labute approximate surface area is 255 Å². The van der Waals surface area contributed by atoms with Crippen LogP contribution in [0.25, 0.3) is 28.2 Å². The number of ether oxygens (including phenoxy) is 1. The Balaban J connectivity index is 1.27. The van der Waals surface area contributed by atoms with E-state index in [0.29, 0.717) is 23.6 Å². The van der Waals surface area contributed by atoms with Crippen LogP contribution in [0, 0.1) is 6.92 Å². The number of hydrogen-bond donors (Lipinski definition) is 2. The highest BCUT2D eigenvalue weighted by Gasteiger charge is 2.21. The van der Waals surface area contributed by atoms with Gasteiger partial charge in [-0.25, -0.2) is 9.78 Å². The highest BCUT2D eigenvalue weighted by molar-refractivity contribution is 5.80. The SMILES string of the molecule is CCCc1nc(C)n(-c2ccc(OC3CCC(O)CC3)cc2)c(=O)c1Cc1ccc(-c2ccccc2-c2noc(=O)[nH]2)cc1. The number of aliphatic hydroxyl groups excluding tert-OH is 1. The number of benzene rings is 3. The fraction of sp³-hybridized carbons (Fsp3) is 0.314. The van der Waals surface area contributed by atoms with Gasteiger partial charge in [0.25, 0.3) is 5.56 Å². The van der Waals surface area contributed by atoms with Crippen molar-refractivity contribution in [3.8, 4) is 34.0 Å². The molecule has 5 aromatic rings. The van der Waals surface area contributed by atoms with E-state index in [-0.39, 0.29) is 17.8 Å². The number of aromatic amines is 1. The molecule has 3 aromatic carbocycles. The smallest absolute Gasteiger partial charge is 0.439 e. The summed E-state index contributed by atoms with van der Waals surface area (Å²) < 4.78 is 12.5. The number of aliphatic hydroxyl groups is 1. The van der Waals surface area contributed by atoms with Crippen LogP contribution in [0.2, 0.25) is 0 Å². The number of rotatable bonds is 9. The second-order valence-corrected chi connectivity index (χ2v) is 11.4. The molecule has 6 rings (SSSR count). The average Bonchev–Trinajstić information content (AvgIpc) is 3.47. The molecule has 2 N–H and O–H groups in total. The Morgan fingerprint density at radius 3 is 2.32 bits per heavy atom. The molecule has 2 heterocycles. The second kappa shape index (κ2) is 12.9. The highest BCUT2D eigenvalue weighted by Crippen LogP contribution is 2.30. The first-order valence-electron chi connectivity index (χ1n) is 15.2. The van der Waals surface area contributed by atoms with E-state index in [2.05, 4.69) is 17.1 Å². The van der Waals surface area contributed by atoms with Crippen LogP contribution in [-0.4, -0.2) is 37.0 Å². The first-order chi connectivity index (χ1) is 21.4. The molecule has 44 heavy (non-hydrogen) atoms. The normalized spacial score (nSPS) is 16.6. The van der Waals surface area contributed by atoms with E-state index in [9.17, 15) is 14.7 Å². The van der Waals surface area contributed by atoms with Crippen LogP contribution in [0.1, 0.15) is 61.7 Å². The van der Waals surface area contributed by atoms with Crippen LogP contribution in [-0.2, 0) is 12.8 Å². The summed E-state index contributed by atoms with van der Waals surface area (Å²) in [6.45, 7) is 3.96. The van der Waals surface area contributed by atoms with E-state index >= 15 is 0 Å². The van der Waals surface area contributed by atoms with Crippen molar-refractivity contribution in [3.05, 3.63) is 116 Å². The molecular weight excluding hydrogens is 556 g/mol. The van der Waals surface area contributed by atoms with Gasteiger partial charge in [0.1, 0.15) is 11.6 Å². The van der Waals surface area contributed by atoms with Crippen molar-refractivity contribution in [1.82, 2.24) is 19.7 Å². The number of aromatic nitrogens is 4. The maximum absolute atomic E-state index is 14.0. The van der Waals surface area contributed by atoms with E-state index < -0.39 is 5.76 Å². The van der Waals surface area contributed by atoms with Crippen molar-refractivity contribution >= 4 is 0 Å². The van der Waals surface area contributed by atoms with E-state index in [1.54, 1.807) is 4.57 Å². The van der Waals surface area contributed by atoms with Gasteiger partial charge in [-0.15, -0.1) is 0 Å². The lowest BCUT2D eigenvalue weighted by Gasteiger charge is -2.26. The summed E-state index contributed by atoms with van der Waals surface area (Å²) in [6, 6.07) is 23.3. The summed E-state index contributed by atoms with van der Waals surface area (Å²) in [5, 5.41) is 13.6. The lowest BCUT2D eigenvalue weighted by Crippen LogP contribution is -2.28. The summed E-state index contributed by atoms with van der Waals surface area (Å²) >= 11 is 0. The predicted octanol–water partition coefficient (Wildman–Crippen LogP) is 5.78. The van der Waals surface area contributed by atoms with Crippen molar-refractivity contribution < 1.29 is 14.4 Å². The molecule has 0 atom stereocenters. The van der Waals surface area contributed by atoms with E-state index in [0.717, 1.165) is 77.9 Å². The zero-order valence-electron chi connectivity index (χ0n) is 25.0. The van der Waals surface area contributed by atoms with Crippen LogP contribution >= 0.6 is 0 Å². The molecule has 0 unspecified atom stereocenters. The topological polar surface area (TPSA) is 123 Å². The van der Waals surface area contributed by atoms with Gasteiger partial charge in [0.15, 0.2) is 5.82 Å². The fourth-order valence-electron chi connectivity index (χ4n) is 5.97. The molecule has 1 aliphatic rings. The molecule has 0 saturated heterocycles. The average molecular weight is 593 g/mol. The first-order valence-corrected chi connectivity index (χ1v) is 15.2. The number of hydrogen-bond acceptors (Lipinski definition) is 7. The molecule has 1 fully saturated rings. The summed E-state index contributed by atoms with van der Waals surface area (Å²) in [4.78, 5) is 33.1. The molecule has 0 radical (unpaired) electrons. The van der Waals surface area contributed by atoms with Gasteiger partial charge in [0, 0.05) is 17.5 Å². The molecule has 0 amide bonds. The second-order valence-electron chi connectivity index (χ2n) is 11.4. The van der Waals surface area contributed by atoms with Crippen molar-refractivity contribution in [3.63, 3.8) is 0 Å². The molecule has 2 aromatic heterocycles. The summed E-state index contributed by atoms with van der Waals surface area (Å²) in [7, 11) is 0. The highest BCUT2D eigenvalue weighted by atomic mass is 16.5. The van der Waals surface area contributed by atoms with Crippen LogP contribution < -0.4 is 16.1 Å². The maximum Gasteiger partial charge on any atom is 0.439 e. The molecule has 9 nitrogen and oxygen atoms in total. The van der Waals surface area contributed by atoms with Gasteiger partial charge in [0.2, 0.25) is 0 Å². The molecule has 0 spiro atoms. The lowest BCUT2D eigenvalue weighted by atomic mass is 9.95. The fourth-order valence-corrected chi connectivity index (χ4v) is 5.97. The number of H-pyrrole nitrogens is 1. The van der Waals surface area contributed by atoms with Gasteiger partial charge in [-0.3, -0.25) is 18.9 Å². The summed E-state index contributed by atoms with van der Waals surface area (Å²) in [5.41, 5.74) is 5.80. The first kappa shape index (κ1) is 29.3. The summed E-state index contributed by atoms with van der Waals surface area (Å²) in [5.74, 6) is 1.18. The number of nitrogens with one attached hydrogen (secondary N) is 1. The molecule has 0 aliphatic heterocycles. The summed E-state index contributed by atoms with van der Waals surface area (Å²) in [6.07, 6.45) is 5.12. The number of nitrogens with zero attached hydrogens (tertiary/aromatic N) is 3. The van der Waals surface area contributed by atoms with Gasteiger partial charge >= 0.3 is 5.76 Å². The zero-order chi connectivity index (χ0) is 30.6. The minimum absolute atomic E-state index is 0.0692. The maximum atomic E-state index is 14.0. The van der Waals surface area contributed by atoms with Crippen molar-refractivity contribution in [2.75, 3.05) is 0 Å². The Hall–Kier alpha value is -4.76. The van der Waals surface area contributed by atoms with Crippen LogP contribution in [0.3, 0.4) is 0 Å². The van der Waals surface area contributed by atoms with Gasteiger partial charge in [-0.05, 0) is 80.0 Å². The Bertz CT molecular complexity index is 1850. The van der Waals surface area contributed by atoms with Crippen LogP contribution in [0.5, 0.6) is 5.75 Å². The van der Waals surface area contributed by atoms with E-state index in [4.69, 9.17) is 14.2 Å². The van der Waals surface area contributed by atoms with Crippen molar-refractivity contribution in [2.45, 2.75) is 71.0 Å². The third-order valence-corrected chi connectivity index (χ3v) is 8.23. The largest absolute Gasteiger partial charge is 0.490 e. The van der Waals surface area contributed by atoms with Gasteiger partial charge in [0.05, 0.1) is 23.6 Å².